The Bertz CT molecular complexity index is 544. The van der Waals surface area contributed by atoms with Crippen molar-refractivity contribution in [2.75, 3.05) is 0 Å². The van der Waals surface area contributed by atoms with Crippen LogP contribution in [0.1, 0.15) is 21.9 Å². The maximum atomic E-state index is 10.8. The smallest absolute Gasteiger partial charge is 0.358 e. The number of nitrogens with zero attached hydrogens (tertiary/aromatic N) is 6. The molecular formula is C8H11N7O2. The summed E-state index contributed by atoms with van der Waals surface area (Å²) in [6, 6.07) is 0. The molecule has 0 aliphatic heterocycles. The molecule has 0 saturated heterocycles. The monoisotopic (exact) mass is 237 g/mol. The first-order chi connectivity index (χ1) is 8.11. The molecule has 0 unspecified atom stereocenters. The fraction of sp³-hybridized carbons (Fsp3) is 0.375. The van der Waals surface area contributed by atoms with E-state index in [0.29, 0.717) is 17.9 Å². The van der Waals surface area contributed by atoms with Crippen LogP contribution in [0, 0.1) is 0 Å². The van der Waals surface area contributed by atoms with Crippen molar-refractivity contribution in [3.8, 4) is 0 Å². The van der Waals surface area contributed by atoms with Crippen LogP contribution in [0.25, 0.3) is 0 Å². The van der Waals surface area contributed by atoms with Crippen molar-refractivity contribution in [3.63, 3.8) is 0 Å². The molecular weight excluding hydrogens is 226 g/mol. The van der Waals surface area contributed by atoms with Gasteiger partial charge in [-0.2, -0.15) is 0 Å². The van der Waals surface area contributed by atoms with Crippen LogP contribution in [0.2, 0.25) is 0 Å². The van der Waals surface area contributed by atoms with E-state index in [-0.39, 0.29) is 12.2 Å². The molecule has 90 valence electrons. The van der Waals surface area contributed by atoms with E-state index in [9.17, 15) is 4.79 Å². The molecule has 2 aromatic rings. The second kappa shape index (κ2) is 4.29. The topological polar surface area (TPSA) is 125 Å². The minimum atomic E-state index is -1.14. The Kier molecular flexibility index (Phi) is 2.83. The molecule has 0 fully saturated rings. The van der Waals surface area contributed by atoms with Gasteiger partial charge in [-0.1, -0.05) is 10.4 Å². The van der Waals surface area contributed by atoms with Gasteiger partial charge in [0.15, 0.2) is 5.69 Å². The second-order valence-corrected chi connectivity index (χ2v) is 3.44. The summed E-state index contributed by atoms with van der Waals surface area (Å²) in [5.74, 6) is -1.14. The van der Waals surface area contributed by atoms with Crippen LogP contribution in [-0.2, 0) is 20.1 Å². The van der Waals surface area contributed by atoms with E-state index in [1.54, 1.807) is 17.9 Å². The van der Waals surface area contributed by atoms with E-state index in [1.165, 1.54) is 4.68 Å². The zero-order valence-electron chi connectivity index (χ0n) is 9.11. The molecule has 9 nitrogen and oxygen atoms in total. The number of hydrogen-bond acceptors (Lipinski definition) is 6. The van der Waals surface area contributed by atoms with Gasteiger partial charge in [-0.15, -0.1) is 10.2 Å². The Morgan fingerprint density at radius 1 is 1.47 bits per heavy atom. The Labute approximate surface area is 95.8 Å². The van der Waals surface area contributed by atoms with Crippen molar-refractivity contribution in [1.82, 2.24) is 30.0 Å². The first-order valence-corrected chi connectivity index (χ1v) is 4.82. The number of carboxylic acid groups (broad SMARTS) is 1. The van der Waals surface area contributed by atoms with Gasteiger partial charge in [-0.25, -0.2) is 9.48 Å². The molecule has 0 aliphatic carbocycles. The zero-order chi connectivity index (χ0) is 12.4. The highest BCUT2D eigenvalue weighted by molar-refractivity contribution is 5.86. The summed E-state index contributed by atoms with van der Waals surface area (Å²) in [6.45, 7) is 0.343. The Morgan fingerprint density at radius 2 is 2.24 bits per heavy atom. The summed E-state index contributed by atoms with van der Waals surface area (Å²) in [6.07, 6.45) is 1.71. The van der Waals surface area contributed by atoms with Crippen LogP contribution < -0.4 is 5.73 Å². The summed E-state index contributed by atoms with van der Waals surface area (Å²) < 4.78 is 2.96. The average molecular weight is 237 g/mol. The molecule has 2 heterocycles. The lowest BCUT2D eigenvalue weighted by molar-refractivity contribution is 0.0689. The largest absolute Gasteiger partial charge is 0.476 e. The SMILES string of the molecule is Cn1cc(Cn2nnc(C(=O)O)c2CN)nn1. The van der Waals surface area contributed by atoms with Crippen LogP contribution in [0.4, 0.5) is 0 Å². The van der Waals surface area contributed by atoms with Gasteiger partial charge in [0.2, 0.25) is 0 Å². The lowest BCUT2D eigenvalue weighted by atomic mass is 10.3. The van der Waals surface area contributed by atoms with E-state index in [0.717, 1.165) is 0 Å². The number of carboxylic acids is 1. The molecule has 0 spiro atoms. The van der Waals surface area contributed by atoms with E-state index in [4.69, 9.17) is 10.8 Å². The van der Waals surface area contributed by atoms with Gasteiger partial charge >= 0.3 is 5.97 Å². The highest BCUT2D eigenvalue weighted by atomic mass is 16.4. The first-order valence-electron chi connectivity index (χ1n) is 4.82. The van der Waals surface area contributed by atoms with Gasteiger partial charge in [-0.05, 0) is 0 Å². The molecule has 0 amide bonds. The quantitative estimate of drug-likeness (QED) is 0.670. The van der Waals surface area contributed by atoms with E-state index in [2.05, 4.69) is 20.6 Å². The van der Waals surface area contributed by atoms with Crippen LogP contribution in [0.5, 0.6) is 0 Å². The molecule has 0 radical (unpaired) electrons. The second-order valence-electron chi connectivity index (χ2n) is 3.44. The fourth-order valence-electron chi connectivity index (χ4n) is 1.45. The van der Waals surface area contributed by atoms with Crippen molar-refractivity contribution < 1.29 is 9.90 Å². The summed E-state index contributed by atoms with van der Waals surface area (Å²) in [5.41, 5.74) is 6.38. The maximum absolute atomic E-state index is 10.8. The number of aryl methyl sites for hydroxylation is 1. The zero-order valence-corrected chi connectivity index (χ0v) is 9.11. The third kappa shape index (κ3) is 2.13. The van der Waals surface area contributed by atoms with Crippen molar-refractivity contribution in [1.29, 1.82) is 0 Å². The molecule has 2 rings (SSSR count). The van der Waals surface area contributed by atoms with Gasteiger partial charge in [0, 0.05) is 19.8 Å². The minimum absolute atomic E-state index is 0.0505. The first kappa shape index (κ1) is 11.2. The van der Waals surface area contributed by atoms with Crippen LogP contribution in [0.3, 0.4) is 0 Å². The average Bonchev–Trinajstić information content (AvgIpc) is 2.85. The number of aromatic carboxylic acids is 1. The number of hydrogen-bond donors (Lipinski definition) is 2. The third-order valence-electron chi connectivity index (χ3n) is 2.20. The molecule has 0 saturated carbocycles. The Balaban J connectivity index is 2.30. The lowest BCUT2D eigenvalue weighted by Crippen LogP contribution is -2.13. The third-order valence-corrected chi connectivity index (χ3v) is 2.20. The Hall–Kier alpha value is -2.29. The van der Waals surface area contributed by atoms with Gasteiger partial charge in [0.1, 0.15) is 5.69 Å². The van der Waals surface area contributed by atoms with Crippen molar-refractivity contribution in [3.05, 3.63) is 23.3 Å². The van der Waals surface area contributed by atoms with E-state index < -0.39 is 5.97 Å². The van der Waals surface area contributed by atoms with Gasteiger partial charge < -0.3 is 10.8 Å². The number of nitrogens with two attached hydrogens (primary N) is 1. The van der Waals surface area contributed by atoms with Crippen molar-refractivity contribution in [2.45, 2.75) is 13.1 Å². The number of rotatable bonds is 4. The highest BCUT2D eigenvalue weighted by Gasteiger charge is 2.18. The molecule has 3 N–H and O–H groups in total. The standard InChI is InChI=1S/C8H11N7O2/c1-14-3-5(10-12-14)4-15-6(2-9)7(8(16)17)11-13-15/h3H,2,4,9H2,1H3,(H,16,17). The molecule has 2 aromatic heterocycles. The van der Waals surface area contributed by atoms with E-state index in [1.807, 2.05) is 0 Å². The fourth-order valence-corrected chi connectivity index (χ4v) is 1.45. The number of aromatic nitrogens is 6. The van der Waals surface area contributed by atoms with Crippen LogP contribution in [-0.4, -0.2) is 41.1 Å². The maximum Gasteiger partial charge on any atom is 0.358 e. The highest BCUT2D eigenvalue weighted by Crippen LogP contribution is 2.06. The summed E-state index contributed by atoms with van der Waals surface area (Å²) in [4.78, 5) is 10.8. The van der Waals surface area contributed by atoms with E-state index >= 15 is 0 Å². The van der Waals surface area contributed by atoms with Gasteiger partial charge in [0.05, 0.1) is 12.2 Å². The molecule has 0 bridgehead atoms. The molecule has 0 aliphatic rings. The lowest BCUT2D eigenvalue weighted by Gasteiger charge is -2.01. The van der Waals surface area contributed by atoms with Crippen molar-refractivity contribution in [2.24, 2.45) is 12.8 Å². The molecule has 9 heteroatoms. The summed E-state index contributed by atoms with van der Waals surface area (Å²) in [7, 11) is 1.74. The summed E-state index contributed by atoms with van der Waals surface area (Å²) >= 11 is 0. The van der Waals surface area contributed by atoms with Gasteiger partial charge in [0.25, 0.3) is 0 Å². The molecule has 17 heavy (non-hydrogen) atoms. The van der Waals surface area contributed by atoms with Gasteiger partial charge in [-0.3, -0.25) is 4.68 Å². The Morgan fingerprint density at radius 3 is 2.76 bits per heavy atom. The van der Waals surface area contributed by atoms with Crippen LogP contribution >= 0.6 is 0 Å². The normalized spacial score (nSPS) is 10.7. The number of carbonyl (C=O) groups is 1. The molecule has 0 aromatic carbocycles. The molecule has 0 atom stereocenters. The van der Waals surface area contributed by atoms with Crippen molar-refractivity contribution >= 4 is 5.97 Å². The minimum Gasteiger partial charge on any atom is -0.476 e. The predicted molar refractivity (Wildman–Crippen MR) is 55.0 cm³/mol. The predicted octanol–water partition coefficient (Wildman–Crippen LogP) is -1.39. The van der Waals surface area contributed by atoms with Crippen LogP contribution in [0.15, 0.2) is 6.20 Å². The summed E-state index contributed by atoms with van der Waals surface area (Å²) in [5, 5.41) is 23.8.